The number of nitrogens with zero attached hydrogens (tertiary/aromatic N) is 1. The summed E-state index contributed by atoms with van der Waals surface area (Å²) in [4.78, 5) is 14.5. The molecule has 1 aromatic rings. The van der Waals surface area contributed by atoms with Gasteiger partial charge >= 0.3 is 0 Å². The summed E-state index contributed by atoms with van der Waals surface area (Å²) in [5.74, 6) is 1.26. The van der Waals surface area contributed by atoms with E-state index < -0.39 is 0 Å². The molecule has 1 aliphatic rings. The van der Waals surface area contributed by atoms with Gasteiger partial charge in [-0.3, -0.25) is 4.79 Å². The maximum absolute atomic E-state index is 12.5. The number of rotatable bonds is 8. The summed E-state index contributed by atoms with van der Waals surface area (Å²) in [6.07, 6.45) is 3.87. The van der Waals surface area contributed by atoms with Crippen molar-refractivity contribution < 1.29 is 9.53 Å². The molecule has 1 aromatic carbocycles. The van der Waals surface area contributed by atoms with Gasteiger partial charge in [0.1, 0.15) is 0 Å². The topological polar surface area (TPSA) is 29.5 Å². The van der Waals surface area contributed by atoms with Crippen LogP contribution in [0, 0.1) is 11.8 Å². The Morgan fingerprint density at radius 2 is 2.14 bits per heavy atom. The van der Waals surface area contributed by atoms with Crippen molar-refractivity contribution in [3.8, 4) is 0 Å². The number of carbonyl (C=O) groups excluding carboxylic acids is 1. The molecule has 0 unspecified atom stereocenters. The van der Waals surface area contributed by atoms with Gasteiger partial charge in [-0.2, -0.15) is 0 Å². The second-order valence-corrected chi connectivity index (χ2v) is 6.50. The largest absolute Gasteiger partial charge is 0.381 e. The Morgan fingerprint density at radius 1 is 1.36 bits per heavy atom. The fourth-order valence-electron chi connectivity index (χ4n) is 3.03. The first-order chi connectivity index (χ1) is 10.7. The molecule has 0 spiro atoms. The fourth-order valence-corrected chi connectivity index (χ4v) is 3.03. The van der Waals surface area contributed by atoms with Crippen molar-refractivity contribution in [2.75, 3.05) is 26.3 Å². The van der Waals surface area contributed by atoms with Crippen LogP contribution in [-0.4, -0.2) is 37.1 Å². The number of benzene rings is 1. The van der Waals surface area contributed by atoms with Crippen LogP contribution in [0.2, 0.25) is 0 Å². The molecule has 0 aliphatic carbocycles. The molecule has 122 valence electrons. The van der Waals surface area contributed by atoms with E-state index >= 15 is 0 Å². The van der Waals surface area contributed by atoms with Crippen molar-refractivity contribution in [2.45, 2.75) is 39.5 Å². The molecular weight excluding hydrogens is 274 g/mol. The van der Waals surface area contributed by atoms with Gasteiger partial charge in [0.05, 0.1) is 6.61 Å². The van der Waals surface area contributed by atoms with E-state index in [4.69, 9.17) is 4.74 Å². The van der Waals surface area contributed by atoms with Crippen molar-refractivity contribution >= 4 is 5.91 Å². The lowest BCUT2D eigenvalue weighted by Gasteiger charge is -2.25. The van der Waals surface area contributed by atoms with Gasteiger partial charge in [0, 0.05) is 32.0 Å². The van der Waals surface area contributed by atoms with Crippen LogP contribution in [0.25, 0.3) is 0 Å². The van der Waals surface area contributed by atoms with Crippen molar-refractivity contribution in [1.82, 2.24) is 4.90 Å². The second kappa shape index (κ2) is 8.94. The summed E-state index contributed by atoms with van der Waals surface area (Å²) < 4.78 is 5.41. The highest BCUT2D eigenvalue weighted by Crippen LogP contribution is 2.17. The molecule has 1 fully saturated rings. The van der Waals surface area contributed by atoms with Crippen molar-refractivity contribution in [3.63, 3.8) is 0 Å². The number of ether oxygens (including phenoxy) is 1. The van der Waals surface area contributed by atoms with Crippen molar-refractivity contribution in [2.24, 2.45) is 11.8 Å². The average Bonchev–Trinajstić information content (AvgIpc) is 3.04. The van der Waals surface area contributed by atoms with Crippen molar-refractivity contribution in [1.29, 1.82) is 0 Å². The predicted octanol–water partition coefficient (Wildman–Crippen LogP) is 3.53. The van der Waals surface area contributed by atoms with Crippen LogP contribution >= 0.6 is 0 Å². The predicted molar refractivity (Wildman–Crippen MR) is 89.7 cm³/mol. The summed E-state index contributed by atoms with van der Waals surface area (Å²) in [6, 6.07) is 10.5. The molecule has 3 nitrogen and oxygen atoms in total. The molecule has 0 N–H and O–H groups in total. The number of hydrogen-bond donors (Lipinski definition) is 0. The zero-order chi connectivity index (χ0) is 15.8. The zero-order valence-electron chi connectivity index (χ0n) is 14.0. The highest BCUT2D eigenvalue weighted by atomic mass is 16.5. The molecule has 22 heavy (non-hydrogen) atoms. The molecular formula is C19H29NO2. The summed E-state index contributed by atoms with van der Waals surface area (Å²) in [5.41, 5.74) is 1.36. The molecule has 0 radical (unpaired) electrons. The Hall–Kier alpha value is -1.35. The van der Waals surface area contributed by atoms with E-state index in [0.717, 1.165) is 45.6 Å². The third kappa shape index (κ3) is 5.45. The number of amides is 1. The van der Waals surface area contributed by atoms with Gasteiger partial charge in [0.2, 0.25) is 5.91 Å². The Kier molecular flexibility index (Phi) is 6.91. The monoisotopic (exact) mass is 303 g/mol. The minimum absolute atomic E-state index is 0.301. The van der Waals surface area contributed by atoms with Gasteiger partial charge in [0.25, 0.3) is 0 Å². The molecule has 3 heteroatoms. The third-order valence-corrected chi connectivity index (χ3v) is 4.53. The van der Waals surface area contributed by atoms with Crippen LogP contribution < -0.4 is 0 Å². The molecule has 1 aliphatic heterocycles. The van der Waals surface area contributed by atoms with Gasteiger partial charge < -0.3 is 9.64 Å². The van der Waals surface area contributed by atoms with Crippen molar-refractivity contribution in [3.05, 3.63) is 35.9 Å². The summed E-state index contributed by atoms with van der Waals surface area (Å²) in [5, 5.41) is 0. The maximum Gasteiger partial charge on any atom is 0.222 e. The zero-order valence-corrected chi connectivity index (χ0v) is 14.0. The molecule has 0 aromatic heterocycles. The lowest BCUT2D eigenvalue weighted by molar-refractivity contribution is -0.132. The number of carbonyl (C=O) groups is 1. The molecule has 1 heterocycles. The number of hydrogen-bond acceptors (Lipinski definition) is 2. The van der Waals surface area contributed by atoms with E-state index in [2.05, 4.69) is 38.1 Å². The van der Waals surface area contributed by atoms with Gasteiger partial charge in [-0.25, -0.2) is 0 Å². The first-order valence-corrected chi connectivity index (χ1v) is 8.58. The van der Waals surface area contributed by atoms with Crippen LogP contribution in [-0.2, 0) is 16.0 Å². The van der Waals surface area contributed by atoms with E-state index in [-0.39, 0.29) is 0 Å². The average molecular weight is 303 g/mol. The quantitative estimate of drug-likeness (QED) is 0.735. The fraction of sp³-hybridized carbons (Fsp3) is 0.632. The van der Waals surface area contributed by atoms with Gasteiger partial charge in [-0.15, -0.1) is 0 Å². The van der Waals surface area contributed by atoms with Gasteiger partial charge in [-0.1, -0.05) is 37.3 Å². The van der Waals surface area contributed by atoms with E-state index in [9.17, 15) is 4.79 Å². The van der Waals surface area contributed by atoms with E-state index in [1.807, 2.05) is 11.0 Å². The third-order valence-electron chi connectivity index (χ3n) is 4.53. The summed E-state index contributed by atoms with van der Waals surface area (Å²) in [6.45, 7) is 7.59. The van der Waals surface area contributed by atoms with Gasteiger partial charge in [0.15, 0.2) is 0 Å². The van der Waals surface area contributed by atoms with Gasteiger partial charge in [-0.05, 0) is 37.7 Å². The second-order valence-electron chi connectivity index (χ2n) is 6.50. The Morgan fingerprint density at radius 3 is 2.77 bits per heavy atom. The highest BCUT2D eigenvalue weighted by Gasteiger charge is 2.22. The minimum atomic E-state index is 0.301. The molecule has 1 amide bonds. The maximum atomic E-state index is 12.5. The standard InChI is InChI=1S/C19H29NO2/c1-3-20(14-18-11-12-22-15-18)19(21)13-16(2)9-10-17-7-5-4-6-8-17/h4-8,16,18H,3,9-15H2,1-2H3/t16-,18-/m0/s1. The van der Waals surface area contributed by atoms with E-state index in [1.165, 1.54) is 5.56 Å². The minimum Gasteiger partial charge on any atom is -0.381 e. The first-order valence-electron chi connectivity index (χ1n) is 8.58. The lowest BCUT2D eigenvalue weighted by Crippen LogP contribution is -2.36. The lowest BCUT2D eigenvalue weighted by atomic mass is 9.97. The smallest absolute Gasteiger partial charge is 0.222 e. The summed E-state index contributed by atoms with van der Waals surface area (Å²) in [7, 11) is 0. The molecule has 0 bridgehead atoms. The molecule has 0 saturated carbocycles. The van der Waals surface area contributed by atoms with Crippen LogP contribution in [0.5, 0.6) is 0 Å². The van der Waals surface area contributed by atoms with E-state index in [1.54, 1.807) is 0 Å². The first kappa shape index (κ1) is 17.0. The van der Waals surface area contributed by atoms with Crippen LogP contribution in [0.3, 0.4) is 0 Å². The van der Waals surface area contributed by atoms with Crippen LogP contribution in [0.4, 0.5) is 0 Å². The molecule has 2 rings (SSSR count). The molecule has 1 saturated heterocycles. The molecule has 2 atom stereocenters. The SMILES string of the molecule is CCN(C[C@@H]1CCOC1)C(=O)C[C@@H](C)CCc1ccccc1. The Bertz CT molecular complexity index is 440. The van der Waals surface area contributed by atoms with E-state index in [0.29, 0.717) is 24.2 Å². The van der Waals surface area contributed by atoms with Crippen LogP contribution in [0.1, 0.15) is 38.7 Å². The Balaban J connectivity index is 1.73. The summed E-state index contributed by atoms with van der Waals surface area (Å²) >= 11 is 0. The number of aryl methyl sites for hydroxylation is 1. The Labute approximate surface area is 134 Å². The normalized spacial score (nSPS) is 19.1. The van der Waals surface area contributed by atoms with Crippen LogP contribution in [0.15, 0.2) is 30.3 Å². The highest BCUT2D eigenvalue weighted by molar-refractivity contribution is 5.76.